The zero-order chi connectivity index (χ0) is 21.9. The van der Waals surface area contributed by atoms with Crippen molar-refractivity contribution in [2.75, 3.05) is 26.3 Å². The van der Waals surface area contributed by atoms with Gasteiger partial charge in [-0.15, -0.1) is 0 Å². The standard InChI is InChI=1S/C24H25F2N3O3/c25-18-5-6-21(26)17(13-18)14-29-10-7-19(15-29)31-22-4-2-1-3-20(22)24-27-23(28-32-24)16-8-11-30-12-9-16/h1-6,13,16,19H,7-12,14-15H2. The molecule has 1 atom stereocenters. The van der Waals surface area contributed by atoms with E-state index in [0.717, 1.165) is 37.4 Å². The van der Waals surface area contributed by atoms with Crippen molar-refractivity contribution in [2.45, 2.75) is 37.8 Å². The molecule has 0 spiro atoms. The molecule has 5 rings (SSSR count). The summed E-state index contributed by atoms with van der Waals surface area (Å²) < 4.78 is 44.7. The van der Waals surface area contributed by atoms with Crippen LogP contribution in [0.2, 0.25) is 0 Å². The zero-order valence-electron chi connectivity index (χ0n) is 17.7. The molecule has 32 heavy (non-hydrogen) atoms. The second-order valence-electron chi connectivity index (χ2n) is 8.34. The maximum atomic E-state index is 14.0. The number of ether oxygens (including phenoxy) is 2. The first kappa shape index (κ1) is 21.0. The molecule has 0 amide bonds. The van der Waals surface area contributed by atoms with Crippen molar-refractivity contribution in [3.63, 3.8) is 0 Å². The average molecular weight is 441 g/mol. The Morgan fingerprint density at radius 1 is 1.06 bits per heavy atom. The highest BCUT2D eigenvalue weighted by molar-refractivity contribution is 5.62. The smallest absolute Gasteiger partial charge is 0.261 e. The molecule has 0 radical (unpaired) electrons. The number of likely N-dealkylation sites (tertiary alicyclic amines) is 1. The molecular formula is C24H25F2N3O3. The molecule has 6 nitrogen and oxygen atoms in total. The van der Waals surface area contributed by atoms with E-state index >= 15 is 0 Å². The van der Waals surface area contributed by atoms with E-state index in [9.17, 15) is 8.78 Å². The van der Waals surface area contributed by atoms with Gasteiger partial charge in [-0.1, -0.05) is 17.3 Å². The van der Waals surface area contributed by atoms with Gasteiger partial charge in [0.1, 0.15) is 23.5 Å². The third-order valence-corrected chi connectivity index (χ3v) is 6.07. The summed E-state index contributed by atoms with van der Waals surface area (Å²) in [7, 11) is 0. The number of rotatable bonds is 6. The number of para-hydroxylation sites is 1. The lowest BCUT2D eigenvalue weighted by molar-refractivity contribution is 0.0830. The van der Waals surface area contributed by atoms with Crippen molar-refractivity contribution < 1.29 is 22.8 Å². The Hall–Kier alpha value is -2.84. The van der Waals surface area contributed by atoms with E-state index in [1.807, 2.05) is 24.3 Å². The van der Waals surface area contributed by atoms with Gasteiger partial charge in [0.05, 0.1) is 5.56 Å². The maximum Gasteiger partial charge on any atom is 0.261 e. The molecule has 3 aromatic rings. The van der Waals surface area contributed by atoms with Gasteiger partial charge in [-0.25, -0.2) is 8.78 Å². The zero-order valence-corrected chi connectivity index (χ0v) is 17.7. The van der Waals surface area contributed by atoms with E-state index in [4.69, 9.17) is 14.0 Å². The minimum absolute atomic E-state index is 0.0642. The highest BCUT2D eigenvalue weighted by Gasteiger charge is 2.27. The summed E-state index contributed by atoms with van der Waals surface area (Å²) in [6, 6.07) is 11.2. The highest BCUT2D eigenvalue weighted by Crippen LogP contribution is 2.33. The average Bonchev–Trinajstić information content (AvgIpc) is 3.47. The van der Waals surface area contributed by atoms with Crippen LogP contribution in [0.5, 0.6) is 5.75 Å². The Labute approximate surface area is 185 Å². The van der Waals surface area contributed by atoms with E-state index in [1.54, 1.807) is 0 Å². The lowest BCUT2D eigenvalue weighted by Gasteiger charge is -2.18. The molecule has 0 saturated carbocycles. The number of benzene rings is 2. The number of nitrogens with zero attached hydrogens (tertiary/aromatic N) is 3. The molecule has 2 saturated heterocycles. The van der Waals surface area contributed by atoms with Crippen LogP contribution >= 0.6 is 0 Å². The summed E-state index contributed by atoms with van der Waals surface area (Å²) in [4.78, 5) is 6.70. The van der Waals surface area contributed by atoms with Gasteiger partial charge >= 0.3 is 0 Å². The van der Waals surface area contributed by atoms with Gasteiger partial charge in [0.15, 0.2) is 5.82 Å². The summed E-state index contributed by atoms with van der Waals surface area (Å²) in [5.41, 5.74) is 1.12. The second-order valence-corrected chi connectivity index (χ2v) is 8.34. The Morgan fingerprint density at radius 3 is 2.78 bits per heavy atom. The van der Waals surface area contributed by atoms with Crippen molar-refractivity contribution in [1.29, 1.82) is 0 Å². The van der Waals surface area contributed by atoms with E-state index < -0.39 is 11.6 Å². The van der Waals surface area contributed by atoms with Crippen molar-refractivity contribution in [3.8, 4) is 17.2 Å². The van der Waals surface area contributed by atoms with Gasteiger partial charge in [0.25, 0.3) is 5.89 Å². The van der Waals surface area contributed by atoms with Gasteiger partial charge in [-0.3, -0.25) is 4.90 Å². The molecule has 0 aliphatic carbocycles. The summed E-state index contributed by atoms with van der Waals surface area (Å²) in [5, 5.41) is 4.19. The molecular weight excluding hydrogens is 416 g/mol. The summed E-state index contributed by atoms with van der Waals surface area (Å²) >= 11 is 0. The van der Waals surface area contributed by atoms with Gasteiger partial charge in [-0.05, 0) is 49.6 Å². The van der Waals surface area contributed by atoms with Crippen LogP contribution in [-0.2, 0) is 11.3 Å². The van der Waals surface area contributed by atoms with Crippen molar-refractivity contribution in [3.05, 3.63) is 65.5 Å². The fourth-order valence-electron chi connectivity index (χ4n) is 4.33. The van der Waals surface area contributed by atoms with Crippen molar-refractivity contribution in [2.24, 2.45) is 0 Å². The van der Waals surface area contributed by atoms with E-state index in [0.29, 0.717) is 49.3 Å². The van der Waals surface area contributed by atoms with Gasteiger partial charge < -0.3 is 14.0 Å². The molecule has 3 heterocycles. The molecule has 1 aromatic heterocycles. The molecule has 8 heteroatoms. The molecule has 168 valence electrons. The van der Waals surface area contributed by atoms with Crippen LogP contribution < -0.4 is 4.74 Å². The Bertz CT molecular complexity index is 1070. The number of hydrogen-bond donors (Lipinski definition) is 0. The normalized spacial score (nSPS) is 20.0. The molecule has 2 fully saturated rings. The number of aromatic nitrogens is 2. The second kappa shape index (κ2) is 9.34. The largest absolute Gasteiger partial charge is 0.488 e. The van der Waals surface area contributed by atoms with E-state index in [1.165, 1.54) is 12.1 Å². The lowest BCUT2D eigenvalue weighted by atomic mass is 10.00. The van der Waals surface area contributed by atoms with Crippen LogP contribution in [0.25, 0.3) is 11.5 Å². The van der Waals surface area contributed by atoms with Crippen molar-refractivity contribution >= 4 is 0 Å². The summed E-state index contributed by atoms with van der Waals surface area (Å²) in [5.74, 6) is 1.26. The SMILES string of the molecule is Fc1ccc(F)c(CN2CCC(Oc3ccccc3-c3nc(C4CCOCC4)no3)C2)c1. The topological polar surface area (TPSA) is 60.6 Å². The highest BCUT2D eigenvalue weighted by atomic mass is 19.1. The predicted molar refractivity (Wildman–Crippen MR) is 113 cm³/mol. The van der Waals surface area contributed by atoms with Crippen LogP contribution in [0.4, 0.5) is 8.78 Å². The monoisotopic (exact) mass is 441 g/mol. The van der Waals surface area contributed by atoms with Gasteiger partial charge in [0, 0.05) is 44.3 Å². The maximum absolute atomic E-state index is 14.0. The Balaban J connectivity index is 1.26. The van der Waals surface area contributed by atoms with E-state index in [-0.39, 0.29) is 12.0 Å². The van der Waals surface area contributed by atoms with Gasteiger partial charge in [0.2, 0.25) is 0 Å². The Morgan fingerprint density at radius 2 is 1.91 bits per heavy atom. The van der Waals surface area contributed by atoms with Crippen molar-refractivity contribution in [1.82, 2.24) is 15.0 Å². The first-order valence-corrected chi connectivity index (χ1v) is 11.0. The molecule has 0 bridgehead atoms. The molecule has 2 aromatic carbocycles. The molecule has 0 N–H and O–H groups in total. The fourth-order valence-corrected chi connectivity index (χ4v) is 4.33. The molecule has 2 aliphatic heterocycles. The first-order valence-electron chi connectivity index (χ1n) is 11.0. The minimum atomic E-state index is -0.429. The summed E-state index contributed by atoms with van der Waals surface area (Å²) in [6.45, 7) is 3.15. The third kappa shape index (κ3) is 4.66. The third-order valence-electron chi connectivity index (χ3n) is 6.07. The lowest BCUT2D eigenvalue weighted by Crippen LogP contribution is -2.25. The van der Waals surface area contributed by atoms with Crippen LogP contribution in [-0.4, -0.2) is 47.4 Å². The van der Waals surface area contributed by atoms with Crippen LogP contribution in [0, 0.1) is 11.6 Å². The molecule has 2 aliphatic rings. The number of halogens is 2. The quantitative estimate of drug-likeness (QED) is 0.559. The fraction of sp³-hybridized carbons (Fsp3) is 0.417. The summed E-state index contributed by atoms with van der Waals surface area (Å²) in [6.07, 6.45) is 2.51. The van der Waals surface area contributed by atoms with Gasteiger partial charge in [-0.2, -0.15) is 4.98 Å². The minimum Gasteiger partial charge on any atom is -0.488 e. The predicted octanol–water partition coefficient (Wildman–Crippen LogP) is 4.56. The number of hydrogen-bond acceptors (Lipinski definition) is 6. The van der Waals surface area contributed by atoms with E-state index in [2.05, 4.69) is 15.0 Å². The van der Waals surface area contributed by atoms with Crippen LogP contribution in [0.15, 0.2) is 47.0 Å². The van der Waals surface area contributed by atoms with Crippen LogP contribution in [0.3, 0.4) is 0 Å². The Kier molecular flexibility index (Phi) is 6.14. The van der Waals surface area contributed by atoms with Crippen LogP contribution in [0.1, 0.15) is 36.6 Å². The first-order chi connectivity index (χ1) is 15.7. The molecule has 1 unspecified atom stereocenters.